The molecule has 0 atom stereocenters. The van der Waals surface area contributed by atoms with Gasteiger partial charge in [-0.3, -0.25) is 10.1 Å². The van der Waals surface area contributed by atoms with E-state index in [1.165, 1.54) is 23.9 Å². The quantitative estimate of drug-likeness (QED) is 0.772. The fraction of sp³-hybridized carbons (Fsp3) is 0.273. The van der Waals surface area contributed by atoms with Gasteiger partial charge in [-0.25, -0.2) is 13.1 Å². The van der Waals surface area contributed by atoms with Crippen LogP contribution in [0.4, 0.5) is 5.95 Å². The Morgan fingerprint density at radius 2 is 2.13 bits per heavy atom. The summed E-state index contributed by atoms with van der Waals surface area (Å²) in [5.41, 5.74) is 0.0709. The Hall–Kier alpha value is -1.69. The monoisotopic (exact) mass is 377 g/mol. The normalized spacial score (nSPS) is 11.5. The zero-order valence-electron chi connectivity index (χ0n) is 12.3. The molecule has 0 fully saturated rings. The first-order valence-corrected chi connectivity index (χ1v) is 9.03. The van der Waals surface area contributed by atoms with Crippen LogP contribution in [0.3, 0.4) is 0 Å². The minimum absolute atomic E-state index is 0.0220. The van der Waals surface area contributed by atoms with E-state index in [0.717, 1.165) is 18.3 Å². The van der Waals surface area contributed by atoms with Crippen LogP contribution < -0.4 is 5.32 Å². The van der Waals surface area contributed by atoms with Gasteiger partial charge in [0.1, 0.15) is 0 Å². The highest BCUT2D eigenvalue weighted by Gasteiger charge is 2.23. The van der Waals surface area contributed by atoms with Crippen LogP contribution in [0.25, 0.3) is 0 Å². The lowest BCUT2D eigenvalue weighted by atomic mass is 10.2. The summed E-state index contributed by atoms with van der Waals surface area (Å²) >= 11 is 6.95. The van der Waals surface area contributed by atoms with E-state index < -0.39 is 15.7 Å². The smallest absolute Gasteiger partial charge is 0.259 e. The number of nitrogens with one attached hydrogen (secondary N) is 1. The van der Waals surface area contributed by atoms with E-state index in [2.05, 4.69) is 20.8 Å². The number of nitrogens with zero attached hydrogens (tertiary/aromatic N) is 4. The molecule has 0 radical (unpaired) electrons. The number of sulfone groups is 1. The van der Waals surface area contributed by atoms with Crippen LogP contribution >= 0.6 is 23.6 Å². The SMILES string of the molecule is COSc1c(S(C)(=O)=O)ccc(C(=O)Nc2nnnn2C)c1Cl. The molecular weight excluding hydrogens is 366 g/mol. The molecular formula is C11H12ClN5O4S2. The van der Waals surface area contributed by atoms with Crippen molar-refractivity contribution in [2.45, 2.75) is 9.79 Å². The maximum atomic E-state index is 12.3. The van der Waals surface area contributed by atoms with Gasteiger partial charge in [0.15, 0.2) is 9.84 Å². The first kappa shape index (κ1) is 17.7. The number of hydrogen-bond donors (Lipinski definition) is 1. The first-order chi connectivity index (χ1) is 10.8. The third-order valence-corrected chi connectivity index (χ3v) is 5.25. The van der Waals surface area contributed by atoms with Gasteiger partial charge in [-0.2, -0.15) is 0 Å². The molecule has 1 amide bonds. The van der Waals surface area contributed by atoms with Crippen LogP contribution in [0.1, 0.15) is 10.4 Å². The van der Waals surface area contributed by atoms with E-state index in [1.54, 1.807) is 7.05 Å². The van der Waals surface area contributed by atoms with Crippen molar-refractivity contribution in [2.75, 3.05) is 18.7 Å². The van der Waals surface area contributed by atoms with Crippen LogP contribution in [0.5, 0.6) is 0 Å². The summed E-state index contributed by atoms with van der Waals surface area (Å²) in [5, 5.41) is 13.1. The molecule has 0 aliphatic carbocycles. The van der Waals surface area contributed by atoms with Gasteiger partial charge in [0.2, 0.25) is 5.95 Å². The molecule has 0 saturated carbocycles. The lowest BCUT2D eigenvalue weighted by Gasteiger charge is -2.12. The Balaban J connectivity index is 2.46. The van der Waals surface area contributed by atoms with Gasteiger partial charge in [0, 0.05) is 25.3 Å². The molecule has 0 aliphatic heterocycles. The van der Waals surface area contributed by atoms with Crippen LogP contribution in [0, 0.1) is 0 Å². The van der Waals surface area contributed by atoms with Crippen LogP contribution in [0.15, 0.2) is 21.9 Å². The van der Waals surface area contributed by atoms with Gasteiger partial charge in [0.25, 0.3) is 5.91 Å². The third-order valence-electron chi connectivity index (χ3n) is 2.72. The van der Waals surface area contributed by atoms with Gasteiger partial charge in [-0.15, -0.1) is 0 Å². The molecule has 1 N–H and O–H groups in total. The van der Waals surface area contributed by atoms with E-state index in [-0.39, 0.29) is 26.3 Å². The molecule has 9 nitrogen and oxygen atoms in total. The molecule has 1 aromatic heterocycles. The standard InChI is InChI=1S/C11H12ClN5O4S2/c1-17-11(14-15-16-17)13-10(18)6-4-5-7(23(3,19)20)9(8(6)12)22-21-2/h4-5H,1-3H3,(H,13,14,16,18). The van der Waals surface area contributed by atoms with E-state index in [9.17, 15) is 13.2 Å². The number of benzene rings is 1. The summed E-state index contributed by atoms with van der Waals surface area (Å²) in [5.74, 6) is -0.454. The predicted octanol–water partition coefficient (Wildman–Crippen LogP) is 1.17. The Morgan fingerprint density at radius 1 is 1.43 bits per heavy atom. The minimum Gasteiger partial charge on any atom is -0.313 e. The number of halogens is 1. The Kier molecular flexibility index (Phi) is 5.24. The zero-order chi connectivity index (χ0) is 17.2. The maximum Gasteiger partial charge on any atom is 0.259 e. The summed E-state index contributed by atoms with van der Waals surface area (Å²) in [6, 6.07) is 2.62. The number of rotatable bonds is 5. The second-order valence-electron chi connectivity index (χ2n) is 4.36. The first-order valence-electron chi connectivity index (χ1n) is 6.02. The summed E-state index contributed by atoms with van der Waals surface area (Å²) in [4.78, 5) is 12.4. The highest BCUT2D eigenvalue weighted by atomic mass is 35.5. The molecule has 0 unspecified atom stereocenters. The lowest BCUT2D eigenvalue weighted by molar-refractivity contribution is 0.102. The predicted molar refractivity (Wildman–Crippen MR) is 84.2 cm³/mol. The van der Waals surface area contributed by atoms with Gasteiger partial charge in [-0.1, -0.05) is 16.7 Å². The van der Waals surface area contributed by atoms with E-state index >= 15 is 0 Å². The van der Waals surface area contributed by atoms with Crippen molar-refractivity contribution in [1.29, 1.82) is 0 Å². The molecule has 1 aromatic carbocycles. The largest absolute Gasteiger partial charge is 0.313 e. The number of carbonyl (C=O) groups excluding carboxylic acids is 1. The van der Waals surface area contributed by atoms with Crippen molar-refractivity contribution in [3.63, 3.8) is 0 Å². The van der Waals surface area contributed by atoms with Crippen LogP contribution in [-0.2, 0) is 21.1 Å². The molecule has 23 heavy (non-hydrogen) atoms. The highest BCUT2D eigenvalue weighted by molar-refractivity contribution is 7.96. The van der Waals surface area contributed by atoms with Gasteiger partial charge >= 0.3 is 0 Å². The summed E-state index contributed by atoms with van der Waals surface area (Å²) in [6.07, 6.45) is 1.04. The number of amides is 1. The molecule has 0 saturated heterocycles. The topological polar surface area (TPSA) is 116 Å². The number of carbonyl (C=O) groups is 1. The van der Waals surface area contributed by atoms with Crippen molar-refractivity contribution >= 4 is 45.3 Å². The Bertz CT molecular complexity index is 852. The maximum absolute atomic E-state index is 12.3. The Labute approximate surface area is 141 Å². The number of aromatic nitrogens is 4. The molecule has 0 aliphatic rings. The van der Waals surface area contributed by atoms with Crippen molar-refractivity contribution in [3.8, 4) is 0 Å². The molecule has 124 valence electrons. The van der Waals surface area contributed by atoms with Gasteiger partial charge in [0.05, 0.1) is 27.5 Å². The Morgan fingerprint density at radius 3 is 2.65 bits per heavy atom. The second-order valence-corrected chi connectivity index (χ2v) is 7.63. The van der Waals surface area contributed by atoms with Gasteiger partial charge < -0.3 is 4.18 Å². The average Bonchev–Trinajstić information content (AvgIpc) is 2.85. The summed E-state index contributed by atoms with van der Waals surface area (Å²) in [6.45, 7) is 0. The van der Waals surface area contributed by atoms with Crippen molar-refractivity contribution in [2.24, 2.45) is 7.05 Å². The number of aryl methyl sites for hydroxylation is 1. The second kappa shape index (κ2) is 6.83. The number of tetrazole rings is 1. The zero-order valence-corrected chi connectivity index (χ0v) is 14.7. The average molecular weight is 378 g/mol. The van der Waals surface area contributed by atoms with E-state index in [4.69, 9.17) is 15.8 Å². The fourth-order valence-electron chi connectivity index (χ4n) is 1.67. The lowest BCUT2D eigenvalue weighted by Crippen LogP contribution is -2.16. The highest BCUT2D eigenvalue weighted by Crippen LogP contribution is 2.36. The molecule has 0 spiro atoms. The van der Waals surface area contributed by atoms with Crippen molar-refractivity contribution in [3.05, 3.63) is 22.7 Å². The van der Waals surface area contributed by atoms with Crippen molar-refractivity contribution in [1.82, 2.24) is 20.2 Å². The molecule has 2 rings (SSSR count). The third kappa shape index (κ3) is 3.80. The number of anilines is 1. The van der Waals surface area contributed by atoms with Crippen molar-refractivity contribution < 1.29 is 17.4 Å². The summed E-state index contributed by atoms with van der Waals surface area (Å²) < 4.78 is 29.8. The minimum atomic E-state index is -3.53. The van der Waals surface area contributed by atoms with E-state index in [0.29, 0.717) is 0 Å². The van der Waals surface area contributed by atoms with Crippen LogP contribution in [-0.4, -0.2) is 47.9 Å². The fourth-order valence-corrected chi connectivity index (χ4v) is 3.88. The molecule has 12 heteroatoms. The van der Waals surface area contributed by atoms with E-state index in [1.807, 2.05) is 0 Å². The van der Waals surface area contributed by atoms with Gasteiger partial charge in [-0.05, 0) is 22.6 Å². The van der Waals surface area contributed by atoms with Crippen LogP contribution in [0.2, 0.25) is 5.02 Å². The molecule has 1 heterocycles. The summed E-state index contributed by atoms with van der Waals surface area (Å²) in [7, 11) is -0.613. The molecule has 0 bridgehead atoms. The number of hydrogen-bond acceptors (Lipinski definition) is 8. The molecule has 2 aromatic rings.